The second-order valence-corrected chi connectivity index (χ2v) is 5.58. The minimum atomic E-state index is -0.342. The van der Waals surface area contributed by atoms with E-state index in [9.17, 15) is 4.79 Å². The molecule has 0 aliphatic carbocycles. The minimum Gasteiger partial charge on any atom is -0.321 e. The van der Waals surface area contributed by atoms with Crippen molar-refractivity contribution < 1.29 is 4.79 Å². The van der Waals surface area contributed by atoms with Crippen molar-refractivity contribution in [2.45, 2.75) is 0 Å². The molecule has 0 aliphatic heterocycles. The smallest absolute Gasteiger partial charge is 0.256 e. The van der Waals surface area contributed by atoms with E-state index in [1.807, 2.05) is 6.07 Å². The number of carbonyl (C=O) groups is 1. The lowest BCUT2D eigenvalue weighted by Crippen LogP contribution is -2.13. The van der Waals surface area contributed by atoms with Gasteiger partial charge in [-0.2, -0.15) is 5.26 Å². The predicted octanol–water partition coefficient (Wildman–Crippen LogP) is 4.88. The fraction of sp³-hybridized carbons (Fsp3) is 0. The van der Waals surface area contributed by atoms with E-state index in [0.717, 1.165) is 0 Å². The normalized spacial score (nSPS) is 9.90. The summed E-state index contributed by atoms with van der Waals surface area (Å²) in [5, 5.41) is 12.4. The Labute approximate surface area is 134 Å². The lowest BCUT2D eigenvalue weighted by molar-refractivity contribution is 0.102. The molecule has 2 rings (SSSR count). The van der Waals surface area contributed by atoms with Gasteiger partial charge in [-0.25, -0.2) is 0 Å². The number of hydrogen-bond donors (Lipinski definition) is 1. The zero-order valence-electron chi connectivity index (χ0n) is 9.95. The fourth-order valence-electron chi connectivity index (χ4n) is 1.55. The van der Waals surface area contributed by atoms with Crippen molar-refractivity contribution in [2.24, 2.45) is 0 Å². The number of rotatable bonds is 2. The van der Waals surface area contributed by atoms with Crippen LogP contribution in [0.1, 0.15) is 15.9 Å². The largest absolute Gasteiger partial charge is 0.321 e. The van der Waals surface area contributed by atoms with Gasteiger partial charge in [-0.1, -0.05) is 23.2 Å². The summed E-state index contributed by atoms with van der Waals surface area (Å²) in [6.07, 6.45) is 0. The van der Waals surface area contributed by atoms with Gasteiger partial charge in [0.15, 0.2) is 0 Å². The first-order chi connectivity index (χ1) is 9.51. The highest BCUT2D eigenvalue weighted by Gasteiger charge is 2.12. The summed E-state index contributed by atoms with van der Waals surface area (Å²) in [4.78, 5) is 12.2. The molecule has 3 nitrogen and oxygen atoms in total. The number of nitrogens with zero attached hydrogens (tertiary/aromatic N) is 1. The van der Waals surface area contributed by atoms with Gasteiger partial charge in [-0.15, -0.1) is 0 Å². The molecule has 0 aliphatic rings. The van der Waals surface area contributed by atoms with Gasteiger partial charge in [0.1, 0.15) is 0 Å². The lowest BCUT2D eigenvalue weighted by atomic mass is 10.2. The van der Waals surface area contributed by atoms with E-state index in [1.54, 1.807) is 30.3 Å². The predicted molar refractivity (Wildman–Crippen MR) is 83.3 cm³/mol. The monoisotopic (exact) mass is 368 g/mol. The highest BCUT2D eigenvalue weighted by atomic mass is 79.9. The number of benzene rings is 2. The molecular formula is C14H7BrCl2N2O. The molecular weight excluding hydrogens is 363 g/mol. The van der Waals surface area contributed by atoms with Gasteiger partial charge in [0.25, 0.3) is 5.91 Å². The number of nitriles is 1. The standard InChI is InChI=1S/C14H7BrCl2N2O/c15-11-6-9(16)2-3-10(11)14(20)19-13-5-8(7-18)1-4-12(13)17/h1-6H,(H,19,20). The summed E-state index contributed by atoms with van der Waals surface area (Å²) < 4.78 is 0.579. The number of anilines is 1. The van der Waals surface area contributed by atoms with Crippen molar-refractivity contribution in [2.75, 3.05) is 5.32 Å². The fourth-order valence-corrected chi connectivity index (χ4v) is 2.58. The van der Waals surface area contributed by atoms with E-state index in [-0.39, 0.29) is 5.91 Å². The molecule has 0 heterocycles. The quantitative estimate of drug-likeness (QED) is 0.820. The van der Waals surface area contributed by atoms with Crippen LogP contribution in [0.4, 0.5) is 5.69 Å². The highest BCUT2D eigenvalue weighted by molar-refractivity contribution is 9.10. The van der Waals surface area contributed by atoms with E-state index in [2.05, 4.69) is 21.2 Å². The van der Waals surface area contributed by atoms with E-state index < -0.39 is 0 Å². The maximum atomic E-state index is 12.2. The van der Waals surface area contributed by atoms with Crippen LogP contribution in [0.25, 0.3) is 0 Å². The third kappa shape index (κ3) is 3.31. The van der Waals surface area contributed by atoms with Crippen LogP contribution in [0.3, 0.4) is 0 Å². The molecule has 0 bridgehead atoms. The first-order valence-corrected chi connectivity index (χ1v) is 7.02. The summed E-state index contributed by atoms with van der Waals surface area (Å²) in [6.45, 7) is 0. The topological polar surface area (TPSA) is 52.9 Å². The van der Waals surface area contributed by atoms with Gasteiger partial charge in [-0.3, -0.25) is 4.79 Å². The first-order valence-electron chi connectivity index (χ1n) is 5.47. The van der Waals surface area contributed by atoms with Crippen LogP contribution in [-0.2, 0) is 0 Å². The Balaban J connectivity index is 2.30. The van der Waals surface area contributed by atoms with Crippen LogP contribution in [-0.4, -0.2) is 5.91 Å². The summed E-state index contributed by atoms with van der Waals surface area (Å²) in [5.41, 5.74) is 1.23. The first kappa shape index (κ1) is 14.9. The molecule has 6 heteroatoms. The molecule has 1 amide bonds. The summed E-state index contributed by atoms with van der Waals surface area (Å²) in [5.74, 6) is -0.342. The molecule has 2 aromatic carbocycles. The summed E-state index contributed by atoms with van der Waals surface area (Å²) in [6, 6.07) is 11.5. The van der Waals surface area contributed by atoms with Crippen molar-refractivity contribution in [3.8, 4) is 6.07 Å². The minimum absolute atomic E-state index is 0.342. The van der Waals surface area contributed by atoms with Gasteiger partial charge >= 0.3 is 0 Å². The van der Waals surface area contributed by atoms with Gasteiger partial charge in [0, 0.05) is 9.50 Å². The number of carbonyl (C=O) groups excluding carboxylic acids is 1. The molecule has 0 radical (unpaired) electrons. The van der Waals surface area contributed by atoms with Crippen molar-refractivity contribution >= 4 is 50.7 Å². The SMILES string of the molecule is N#Cc1ccc(Cl)c(NC(=O)c2ccc(Cl)cc2Br)c1. The van der Waals surface area contributed by atoms with Crippen LogP contribution in [0.5, 0.6) is 0 Å². The number of halogens is 3. The molecule has 20 heavy (non-hydrogen) atoms. The zero-order valence-corrected chi connectivity index (χ0v) is 13.1. The second kappa shape index (κ2) is 6.27. The zero-order chi connectivity index (χ0) is 14.7. The summed E-state index contributed by atoms with van der Waals surface area (Å²) >= 11 is 15.1. The number of nitrogens with one attached hydrogen (secondary N) is 1. The Kier molecular flexibility index (Phi) is 4.66. The maximum absolute atomic E-state index is 12.2. The molecule has 0 spiro atoms. The average Bonchev–Trinajstić information content (AvgIpc) is 2.41. The van der Waals surface area contributed by atoms with Crippen LogP contribution < -0.4 is 5.32 Å². The molecule has 0 aromatic heterocycles. The van der Waals surface area contributed by atoms with Crippen molar-refractivity contribution in [1.82, 2.24) is 0 Å². The number of hydrogen-bond acceptors (Lipinski definition) is 2. The van der Waals surface area contributed by atoms with Gasteiger partial charge in [-0.05, 0) is 52.3 Å². The number of amides is 1. The highest BCUT2D eigenvalue weighted by Crippen LogP contribution is 2.26. The Hall–Kier alpha value is -1.54. The molecule has 0 unspecified atom stereocenters. The second-order valence-electron chi connectivity index (χ2n) is 3.88. The summed E-state index contributed by atoms with van der Waals surface area (Å²) in [7, 11) is 0. The average molecular weight is 370 g/mol. The Morgan fingerprint density at radius 2 is 1.95 bits per heavy atom. The molecule has 100 valence electrons. The molecule has 0 fully saturated rings. The Morgan fingerprint density at radius 3 is 2.60 bits per heavy atom. The van der Waals surface area contributed by atoms with E-state index in [1.165, 1.54) is 6.07 Å². The van der Waals surface area contributed by atoms with E-state index >= 15 is 0 Å². The van der Waals surface area contributed by atoms with E-state index in [0.29, 0.717) is 31.3 Å². The van der Waals surface area contributed by atoms with E-state index in [4.69, 9.17) is 28.5 Å². The Morgan fingerprint density at radius 1 is 1.20 bits per heavy atom. The van der Waals surface area contributed by atoms with Crippen LogP contribution in [0, 0.1) is 11.3 Å². The molecule has 2 aromatic rings. The van der Waals surface area contributed by atoms with Crippen LogP contribution in [0.15, 0.2) is 40.9 Å². The van der Waals surface area contributed by atoms with Crippen molar-refractivity contribution in [3.05, 3.63) is 62.0 Å². The maximum Gasteiger partial charge on any atom is 0.256 e. The molecule has 0 saturated heterocycles. The molecule has 0 saturated carbocycles. The molecule has 0 atom stereocenters. The third-order valence-corrected chi connectivity index (χ3v) is 3.74. The van der Waals surface area contributed by atoms with Crippen molar-refractivity contribution in [3.63, 3.8) is 0 Å². The van der Waals surface area contributed by atoms with Crippen LogP contribution >= 0.6 is 39.1 Å². The Bertz CT molecular complexity index is 726. The third-order valence-electron chi connectivity index (χ3n) is 2.52. The van der Waals surface area contributed by atoms with Gasteiger partial charge in [0.2, 0.25) is 0 Å². The van der Waals surface area contributed by atoms with Gasteiger partial charge in [0.05, 0.1) is 27.9 Å². The van der Waals surface area contributed by atoms with Crippen molar-refractivity contribution in [1.29, 1.82) is 5.26 Å². The molecule has 1 N–H and O–H groups in total. The lowest BCUT2D eigenvalue weighted by Gasteiger charge is -2.09. The van der Waals surface area contributed by atoms with Gasteiger partial charge < -0.3 is 5.32 Å². The van der Waals surface area contributed by atoms with Crippen LogP contribution in [0.2, 0.25) is 10.0 Å².